The van der Waals surface area contributed by atoms with Gasteiger partial charge >= 0.3 is 0 Å². The number of benzene rings is 1. The first kappa shape index (κ1) is 18.2. The molecular weight excluding hydrogens is 328 g/mol. The first-order valence-corrected chi connectivity index (χ1v) is 9.00. The van der Waals surface area contributed by atoms with Crippen molar-refractivity contribution in [2.24, 2.45) is 5.92 Å². The fourth-order valence-electron chi connectivity index (χ4n) is 3.19. The van der Waals surface area contributed by atoms with E-state index in [4.69, 9.17) is 0 Å². The van der Waals surface area contributed by atoms with E-state index in [9.17, 15) is 9.90 Å². The molecule has 0 saturated carbocycles. The van der Waals surface area contributed by atoms with Gasteiger partial charge in [0.05, 0.1) is 17.8 Å². The van der Waals surface area contributed by atoms with Crippen LogP contribution in [0.3, 0.4) is 0 Å². The van der Waals surface area contributed by atoms with Gasteiger partial charge in [-0.2, -0.15) is 0 Å². The van der Waals surface area contributed by atoms with Gasteiger partial charge in [0.1, 0.15) is 11.6 Å². The third-order valence-electron chi connectivity index (χ3n) is 4.79. The van der Waals surface area contributed by atoms with Crippen LogP contribution in [0.25, 0.3) is 0 Å². The van der Waals surface area contributed by atoms with Crippen molar-refractivity contribution in [1.29, 1.82) is 0 Å². The average molecular weight is 354 g/mol. The van der Waals surface area contributed by atoms with E-state index in [1.54, 1.807) is 24.7 Å². The van der Waals surface area contributed by atoms with Crippen LogP contribution >= 0.6 is 0 Å². The van der Waals surface area contributed by atoms with Crippen LogP contribution in [0.5, 0.6) is 5.75 Å². The minimum absolute atomic E-state index is 0.0548. The first-order chi connectivity index (χ1) is 12.3. The summed E-state index contributed by atoms with van der Waals surface area (Å²) in [6.45, 7) is 7.78. The van der Waals surface area contributed by atoms with Crippen molar-refractivity contribution >= 4 is 17.4 Å². The first-order valence-electron chi connectivity index (χ1n) is 9.00. The Labute approximate surface area is 154 Å². The quantitative estimate of drug-likeness (QED) is 0.827. The number of rotatable bonds is 3. The third kappa shape index (κ3) is 4.12. The van der Waals surface area contributed by atoms with Crippen LogP contribution in [0.1, 0.15) is 39.2 Å². The van der Waals surface area contributed by atoms with E-state index in [0.29, 0.717) is 12.2 Å². The summed E-state index contributed by atoms with van der Waals surface area (Å²) in [5.74, 6) is 0.666. The number of anilines is 2. The summed E-state index contributed by atoms with van der Waals surface area (Å²) in [7, 11) is 0. The topological polar surface area (TPSA) is 78.4 Å². The predicted octanol–water partition coefficient (Wildman–Crippen LogP) is 3.33. The van der Waals surface area contributed by atoms with E-state index in [1.807, 2.05) is 12.1 Å². The smallest absolute Gasteiger partial charge is 0.229 e. The van der Waals surface area contributed by atoms with E-state index in [1.165, 1.54) is 0 Å². The summed E-state index contributed by atoms with van der Waals surface area (Å²) in [6, 6.07) is 5.39. The molecule has 0 spiro atoms. The highest BCUT2D eigenvalue weighted by Gasteiger charge is 2.27. The molecule has 0 aliphatic carbocycles. The lowest BCUT2D eigenvalue weighted by Gasteiger charge is -2.32. The van der Waals surface area contributed by atoms with Gasteiger partial charge in [-0.3, -0.25) is 9.78 Å². The zero-order valence-electron chi connectivity index (χ0n) is 15.6. The number of nitrogens with one attached hydrogen (secondary N) is 1. The lowest BCUT2D eigenvalue weighted by molar-refractivity contribution is -0.120. The summed E-state index contributed by atoms with van der Waals surface area (Å²) in [6.07, 6.45) is 6.77. The second-order valence-electron chi connectivity index (χ2n) is 7.82. The fourth-order valence-corrected chi connectivity index (χ4v) is 3.19. The standard InChI is InChI=1S/C20H26N4O2/c1-20(2,3)15-6-7-17(25)16(11-15)23-19(26)14-5-4-10-24(13-14)18-12-21-8-9-22-18/h6-9,11-12,14,25H,4-5,10,13H2,1-3H3,(H,23,26)/t14-/m1/s1. The Morgan fingerprint density at radius 1 is 1.31 bits per heavy atom. The van der Waals surface area contributed by atoms with Gasteiger partial charge in [0, 0.05) is 25.5 Å². The highest BCUT2D eigenvalue weighted by Crippen LogP contribution is 2.31. The summed E-state index contributed by atoms with van der Waals surface area (Å²) < 4.78 is 0. The molecule has 0 radical (unpaired) electrons. The minimum Gasteiger partial charge on any atom is -0.506 e. The van der Waals surface area contributed by atoms with Gasteiger partial charge in [-0.05, 0) is 36.0 Å². The molecule has 1 aliphatic heterocycles. The summed E-state index contributed by atoms with van der Waals surface area (Å²) in [5.41, 5.74) is 1.48. The second kappa shape index (κ2) is 7.32. The van der Waals surface area contributed by atoms with E-state index in [0.717, 1.165) is 30.8 Å². The normalized spacial score (nSPS) is 17.8. The maximum atomic E-state index is 12.8. The number of hydrogen-bond donors (Lipinski definition) is 2. The zero-order valence-corrected chi connectivity index (χ0v) is 15.6. The van der Waals surface area contributed by atoms with Crippen molar-refractivity contribution in [2.45, 2.75) is 39.0 Å². The molecule has 1 aliphatic rings. The van der Waals surface area contributed by atoms with Crippen molar-refractivity contribution in [2.75, 3.05) is 23.3 Å². The molecule has 1 aromatic carbocycles. The average Bonchev–Trinajstić information content (AvgIpc) is 2.63. The van der Waals surface area contributed by atoms with Crippen molar-refractivity contribution in [3.63, 3.8) is 0 Å². The van der Waals surface area contributed by atoms with E-state index < -0.39 is 0 Å². The molecule has 0 unspecified atom stereocenters. The Hall–Kier alpha value is -2.63. The molecule has 2 heterocycles. The van der Waals surface area contributed by atoms with Gasteiger partial charge < -0.3 is 15.3 Å². The second-order valence-corrected chi connectivity index (χ2v) is 7.82. The van der Waals surface area contributed by atoms with Crippen LogP contribution in [-0.4, -0.2) is 34.1 Å². The third-order valence-corrected chi connectivity index (χ3v) is 4.79. The van der Waals surface area contributed by atoms with E-state index >= 15 is 0 Å². The van der Waals surface area contributed by atoms with E-state index in [-0.39, 0.29) is 23.0 Å². The van der Waals surface area contributed by atoms with Gasteiger partial charge in [-0.25, -0.2) is 4.98 Å². The fraction of sp³-hybridized carbons (Fsp3) is 0.450. The molecule has 6 heteroatoms. The van der Waals surface area contributed by atoms with Crippen molar-refractivity contribution in [3.05, 3.63) is 42.4 Å². The zero-order chi connectivity index (χ0) is 18.7. The Morgan fingerprint density at radius 2 is 2.12 bits per heavy atom. The van der Waals surface area contributed by atoms with Gasteiger partial charge in [0.25, 0.3) is 0 Å². The summed E-state index contributed by atoms with van der Waals surface area (Å²) in [4.78, 5) is 23.3. The highest BCUT2D eigenvalue weighted by molar-refractivity contribution is 5.94. The van der Waals surface area contributed by atoms with Crippen LogP contribution in [0.2, 0.25) is 0 Å². The summed E-state index contributed by atoms with van der Waals surface area (Å²) in [5, 5.41) is 13.0. The SMILES string of the molecule is CC(C)(C)c1ccc(O)c(NC(=O)[C@@H]2CCCN(c3cnccn3)C2)c1. The predicted molar refractivity (Wildman–Crippen MR) is 102 cm³/mol. The van der Waals surface area contributed by atoms with Gasteiger partial charge in [-0.1, -0.05) is 26.8 Å². The Kier molecular flexibility index (Phi) is 5.11. The van der Waals surface area contributed by atoms with Crippen LogP contribution in [-0.2, 0) is 10.2 Å². The molecule has 1 atom stereocenters. The lowest BCUT2D eigenvalue weighted by Crippen LogP contribution is -2.41. The number of hydrogen-bond acceptors (Lipinski definition) is 5. The molecule has 1 saturated heterocycles. The molecule has 3 rings (SSSR count). The van der Waals surface area contributed by atoms with Crippen molar-refractivity contribution in [1.82, 2.24) is 9.97 Å². The number of aromatic hydroxyl groups is 1. The lowest BCUT2D eigenvalue weighted by atomic mass is 9.86. The van der Waals surface area contributed by atoms with Crippen LogP contribution < -0.4 is 10.2 Å². The molecule has 0 bridgehead atoms. The van der Waals surface area contributed by atoms with Gasteiger partial charge in [0.15, 0.2) is 0 Å². The molecule has 1 aromatic heterocycles. The molecule has 2 aromatic rings. The Morgan fingerprint density at radius 3 is 2.81 bits per heavy atom. The molecule has 2 N–H and O–H groups in total. The van der Waals surface area contributed by atoms with Gasteiger partial charge in [0.2, 0.25) is 5.91 Å². The largest absolute Gasteiger partial charge is 0.506 e. The van der Waals surface area contributed by atoms with Crippen LogP contribution in [0.15, 0.2) is 36.8 Å². The number of phenols is 1. The van der Waals surface area contributed by atoms with Gasteiger partial charge in [-0.15, -0.1) is 0 Å². The van der Waals surface area contributed by atoms with Crippen molar-refractivity contribution < 1.29 is 9.90 Å². The maximum absolute atomic E-state index is 12.8. The number of aromatic nitrogens is 2. The Bertz CT molecular complexity index is 771. The summed E-state index contributed by atoms with van der Waals surface area (Å²) >= 11 is 0. The number of amides is 1. The molecule has 1 fully saturated rings. The molecular formula is C20H26N4O2. The number of nitrogens with zero attached hydrogens (tertiary/aromatic N) is 3. The highest BCUT2D eigenvalue weighted by atomic mass is 16.3. The Balaban J connectivity index is 1.72. The maximum Gasteiger partial charge on any atom is 0.229 e. The van der Waals surface area contributed by atoms with Crippen LogP contribution in [0, 0.1) is 5.92 Å². The number of carbonyl (C=O) groups excluding carboxylic acids is 1. The van der Waals surface area contributed by atoms with Crippen LogP contribution in [0.4, 0.5) is 11.5 Å². The van der Waals surface area contributed by atoms with E-state index in [2.05, 4.69) is 41.0 Å². The number of carbonyl (C=O) groups is 1. The monoisotopic (exact) mass is 354 g/mol. The number of phenolic OH excluding ortho intramolecular Hbond substituents is 1. The molecule has 6 nitrogen and oxygen atoms in total. The van der Waals surface area contributed by atoms with Crippen molar-refractivity contribution in [3.8, 4) is 5.75 Å². The molecule has 138 valence electrons. The molecule has 26 heavy (non-hydrogen) atoms. The number of piperidine rings is 1. The molecule has 1 amide bonds. The minimum atomic E-state index is -0.150.